The van der Waals surface area contributed by atoms with Gasteiger partial charge in [-0.3, -0.25) is 0 Å². The number of allylic oxidation sites excluding steroid dienone is 2. The summed E-state index contributed by atoms with van der Waals surface area (Å²) in [7, 11) is 2.94. The minimum Gasteiger partial charge on any atom is -0.493 e. The third kappa shape index (κ3) is 2.91. The molecule has 0 aromatic heterocycles. The molecule has 2 atom stereocenters. The van der Waals surface area contributed by atoms with E-state index in [4.69, 9.17) is 14.2 Å². The molecule has 0 unspecified atom stereocenters. The number of hydrogen-bond acceptors (Lipinski definition) is 9. The molecule has 1 aliphatic carbocycles. The van der Waals surface area contributed by atoms with Gasteiger partial charge in [0.2, 0.25) is 0 Å². The first-order valence-electron chi connectivity index (χ1n) is 9.38. The Morgan fingerprint density at radius 3 is 2.06 bits per heavy atom. The SMILES string of the molecule is COc1ccc([C@@H]2C(C#N)(C#N)[C@@]2(C#N)C(=C(C#N)C#N)N2CCOCC2)cc1OC. The Hall–Kier alpha value is -4.23. The van der Waals surface area contributed by atoms with Gasteiger partial charge in [-0.1, -0.05) is 6.07 Å². The lowest BCUT2D eigenvalue weighted by molar-refractivity contribution is 0.0482. The van der Waals surface area contributed by atoms with Gasteiger partial charge in [0.15, 0.2) is 22.5 Å². The molecule has 1 saturated carbocycles. The highest BCUT2D eigenvalue weighted by molar-refractivity contribution is 5.64. The molecule has 1 aromatic carbocycles. The van der Waals surface area contributed by atoms with Crippen molar-refractivity contribution in [3.8, 4) is 41.8 Å². The summed E-state index contributed by atoms with van der Waals surface area (Å²) in [5.74, 6) is -0.0665. The number of benzene rings is 1. The van der Waals surface area contributed by atoms with Crippen molar-refractivity contribution in [2.45, 2.75) is 5.92 Å². The van der Waals surface area contributed by atoms with Crippen LogP contribution in [0.5, 0.6) is 11.5 Å². The fourth-order valence-electron chi connectivity index (χ4n) is 4.39. The second-order valence-electron chi connectivity index (χ2n) is 7.05. The summed E-state index contributed by atoms with van der Waals surface area (Å²) in [5.41, 5.74) is -3.17. The van der Waals surface area contributed by atoms with Crippen LogP contribution in [0, 0.1) is 67.5 Å². The van der Waals surface area contributed by atoms with Crippen molar-refractivity contribution in [1.29, 1.82) is 26.3 Å². The Morgan fingerprint density at radius 2 is 1.58 bits per heavy atom. The van der Waals surface area contributed by atoms with Gasteiger partial charge >= 0.3 is 0 Å². The standard InChI is InChI=1S/C22H18N6O3/c1-29-17-4-3-15(9-18(17)30-2)19-21(12-25,13-26)22(19,14-27)20(16(10-23)11-24)28-5-7-31-8-6-28/h3-4,9,19H,5-8H2,1-2H3/t19-,22-/m1/s1. The average Bonchev–Trinajstić information content (AvgIpc) is 3.44. The molecule has 1 aromatic rings. The molecule has 1 aliphatic heterocycles. The highest BCUT2D eigenvalue weighted by Gasteiger charge is 2.83. The van der Waals surface area contributed by atoms with Crippen molar-refractivity contribution >= 4 is 0 Å². The number of nitrogens with zero attached hydrogens (tertiary/aromatic N) is 6. The fourth-order valence-corrected chi connectivity index (χ4v) is 4.39. The summed E-state index contributed by atoms with van der Waals surface area (Å²) < 4.78 is 16.0. The van der Waals surface area contributed by atoms with E-state index in [1.165, 1.54) is 14.2 Å². The van der Waals surface area contributed by atoms with Gasteiger partial charge in [-0.05, 0) is 17.7 Å². The molecule has 1 saturated heterocycles. The molecular weight excluding hydrogens is 396 g/mol. The van der Waals surface area contributed by atoms with Crippen molar-refractivity contribution in [2.24, 2.45) is 10.8 Å². The summed E-state index contributed by atoms with van der Waals surface area (Å²) in [6.07, 6.45) is 0. The van der Waals surface area contributed by atoms with Crippen molar-refractivity contribution < 1.29 is 14.2 Å². The van der Waals surface area contributed by atoms with Gasteiger partial charge < -0.3 is 19.1 Å². The van der Waals surface area contributed by atoms with Gasteiger partial charge in [0.05, 0.1) is 51.3 Å². The molecule has 31 heavy (non-hydrogen) atoms. The van der Waals surface area contributed by atoms with Gasteiger partial charge in [0, 0.05) is 19.0 Å². The second-order valence-corrected chi connectivity index (χ2v) is 7.05. The summed E-state index contributed by atoms with van der Waals surface area (Å²) in [6.45, 7) is 1.33. The van der Waals surface area contributed by atoms with Crippen LogP contribution in [0.4, 0.5) is 0 Å². The molecular formula is C22H18N6O3. The maximum atomic E-state index is 10.3. The highest BCUT2D eigenvalue weighted by Crippen LogP contribution is 2.77. The normalized spacial score (nSPS) is 23.0. The smallest absolute Gasteiger partial charge is 0.177 e. The lowest BCUT2D eigenvalue weighted by Gasteiger charge is -2.34. The number of ether oxygens (including phenoxy) is 3. The van der Waals surface area contributed by atoms with Crippen LogP contribution in [0.3, 0.4) is 0 Å². The number of rotatable bonds is 5. The first-order chi connectivity index (χ1) is 15.0. The van der Waals surface area contributed by atoms with Crippen LogP contribution < -0.4 is 9.47 Å². The number of methoxy groups -OCH3 is 2. The first kappa shape index (κ1) is 21.5. The molecule has 0 spiro atoms. The van der Waals surface area contributed by atoms with Crippen molar-refractivity contribution in [3.05, 3.63) is 35.0 Å². The maximum Gasteiger partial charge on any atom is 0.177 e. The van der Waals surface area contributed by atoms with Crippen molar-refractivity contribution in [2.75, 3.05) is 40.5 Å². The quantitative estimate of drug-likeness (QED) is 0.659. The lowest BCUT2D eigenvalue weighted by atomic mass is 9.88. The lowest BCUT2D eigenvalue weighted by Crippen LogP contribution is -2.40. The molecule has 0 N–H and O–H groups in total. The van der Waals surface area contributed by atoms with Crippen LogP contribution in [0.15, 0.2) is 29.5 Å². The van der Waals surface area contributed by atoms with Crippen LogP contribution >= 0.6 is 0 Å². The molecule has 0 radical (unpaired) electrons. The Labute approximate surface area is 180 Å². The molecule has 2 aliphatic rings. The van der Waals surface area contributed by atoms with Gasteiger partial charge in [0.25, 0.3) is 0 Å². The van der Waals surface area contributed by atoms with Gasteiger partial charge in [-0.25, -0.2) is 0 Å². The maximum absolute atomic E-state index is 10.3. The number of nitriles is 5. The van der Waals surface area contributed by atoms with E-state index in [0.717, 1.165) is 0 Å². The number of morpholine rings is 1. The van der Waals surface area contributed by atoms with E-state index in [0.29, 0.717) is 43.4 Å². The molecule has 154 valence electrons. The minimum absolute atomic E-state index is 0.103. The minimum atomic E-state index is -1.78. The second kappa shape index (κ2) is 8.25. The van der Waals surface area contributed by atoms with Crippen molar-refractivity contribution in [3.63, 3.8) is 0 Å². The molecule has 0 amide bonds. The zero-order valence-corrected chi connectivity index (χ0v) is 17.0. The molecule has 0 bridgehead atoms. The summed E-state index contributed by atoms with van der Waals surface area (Å²) in [6, 6.07) is 14.8. The third-order valence-corrected chi connectivity index (χ3v) is 5.84. The third-order valence-electron chi connectivity index (χ3n) is 5.84. The van der Waals surface area contributed by atoms with E-state index in [-0.39, 0.29) is 11.3 Å². The van der Waals surface area contributed by atoms with Crippen LogP contribution in [-0.2, 0) is 4.74 Å². The highest BCUT2D eigenvalue weighted by atomic mass is 16.5. The first-order valence-corrected chi connectivity index (χ1v) is 9.38. The van der Waals surface area contributed by atoms with Crippen LogP contribution in [-0.4, -0.2) is 45.4 Å². The Kier molecular flexibility index (Phi) is 5.72. The Morgan fingerprint density at radius 1 is 0.968 bits per heavy atom. The van der Waals surface area contributed by atoms with E-state index in [9.17, 15) is 26.3 Å². The van der Waals surface area contributed by atoms with E-state index in [1.54, 1.807) is 23.1 Å². The predicted molar refractivity (Wildman–Crippen MR) is 105 cm³/mol. The van der Waals surface area contributed by atoms with E-state index in [1.807, 2.05) is 24.3 Å². The number of hydrogen-bond donors (Lipinski definition) is 0. The predicted octanol–water partition coefficient (Wildman–Crippen LogP) is 1.98. The largest absolute Gasteiger partial charge is 0.493 e. The molecule has 9 heteroatoms. The van der Waals surface area contributed by atoms with Gasteiger partial charge in [-0.15, -0.1) is 0 Å². The summed E-state index contributed by atoms with van der Waals surface area (Å²) >= 11 is 0. The molecule has 2 fully saturated rings. The van der Waals surface area contributed by atoms with Gasteiger partial charge in [0.1, 0.15) is 17.6 Å². The molecule has 3 rings (SSSR count). The zero-order chi connectivity index (χ0) is 22.6. The Balaban J connectivity index is 2.29. The zero-order valence-electron chi connectivity index (χ0n) is 17.0. The van der Waals surface area contributed by atoms with Gasteiger partial charge in [-0.2, -0.15) is 26.3 Å². The monoisotopic (exact) mass is 414 g/mol. The topological polar surface area (TPSA) is 150 Å². The Bertz CT molecular complexity index is 1100. The fraction of sp³-hybridized carbons (Fsp3) is 0.409. The van der Waals surface area contributed by atoms with Crippen LogP contribution in [0.2, 0.25) is 0 Å². The van der Waals surface area contributed by atoms with E-state index >= 15 is 0 Å². The van der Waals surface area contributed by atoms with Crippen LogP contribution in [0.25, 0.3) is 0 Å². The molecule has 9 nitrogen and oxygen atoms in total. The summed E-state index contributed by atoms with van der Waals surface area (Å²) in [4.78, 5) is 1.71. The van der Waals surface area contributed by atoms with E-state index in [2.05, 4.69) is 6.07 Å². The van der Waals surface area contributed by atoms with Crippen molar-refractivity contribution in [1.82, 2.24) is 4.90 Å². The van der Waals surface area contributed by atoms with Crippen LogP contribution in [0.1, 0.15) is 11.5 Å². The molecule has 1 heterocycles. The average molecular weight is 414 g/mol. The summed E-state index contributed by atoms with van der Waals surface area (Å²) in [5, 5.41) is 49.7. The van der Waals surface area contributed by atoms with E-state index < -0.39 is 16.7 Å².